The van der Waals surface area contributed by atoms with Crippen LogP contribution in [0.4, 0.5) is 0 Å². The molecule has 0 aliphatic heterocycles. The van der Waals surface area contributed by atoms with Crippen LogP contribution in [0.3, 0.4) is 0 Å². The van der Waals surface area contributed by atoms with Crippen LogP contribution in [0.25, 0.3) is 0 Å². The fourth-order valence-electron chi connectivity index (χ4n) is 3.27. The predicted octanol–water partition coefficient (Wildman–Crippen LogP) is 7.47. The second-order valence-electron chi connectivity index (χ2n) is 6.97. The molecule has 0 aromatic heterocycles. The lowest BCUT2D eigenvalue weighted by atomic mass is 9.94. The molecule has 0 aromatic rings. The van der Waals surface area contributed by atoms with Crippen molar-refractivity contribution in [3.05, 3.63) is 0 Å². The lowest BCUT2D eigenvalue weighted by Crippen LogP contribution is -2.12. The lowest BCUT2D eigenvalue weighted by molar-refractivity contribution is -0.123. The second-order valence-corrected chi connectivity index (χ2v) is 6.97. The quantitative estimate of drug-likeness (QED) is 0.255. The average molecular weight is 311 g/mol. The number of hydrogen-bond acceptors (Lipinski definition) is 1. The fourth-order valence-corrected chi connectivity index (χ4v) is 3.27. The highest BCUT2D eigenvalue weighted by Crippen LogP contribution is 2.16. The van der Waals surface area contributed by atoms with Crippen molar-refractivity contribution in [2.45, 2.75) is 124 Å². The first kappa shape index (κ1) is 21.7. The first-order chi connectivity index (χ1) is 10.8. The standard InChI is InChI=1S/C21H42O/c1-4-7-8-9-10-11-12-13-14-15-16-17-18-19-21(22)20(5-2)6-3/h20H,4-19H2,1-3H3. The van der Waals surface area contributed by atoms with Gasteiger partial charge in [0.25, 0.3) is 0 Å². The molecule has 0 saturated carbocycles. The van der Waals surface area contributed by atoms with Crippen LogP contribution in [0.1, 0.15) is 124 Å². The Morgan fingerprint density at radius 1 is 0.591 bits per heavy atom. The lowest BCUT2D eigenvalue weighted by Gasteiger charge is -2.10. The molecule has 0 N–H and O–H groups in total. The van der Waals surface area contributed by atoms with Crippen molar-refractivity contribution in [1.82, 2.24) is 0 Å². The minimum Gasteiger partial charge on any atom is -0.299 e. The maximum absolute atomic E-state index is 11.9. The minimum atomic E-state index is 0.331. The molecule has 0 amide bonds. The van der Waals surface area contributed by atoms with E-state index in [-0.39, 0.29) is 0 Å². The summed E-state index contributed by atoms with van der Waals surface area (Å²) in [7, 11) is 0. The Hall–Kier alpha value is -0.330. The van der Waals surface area contributed by atoms with Gasteiger partial charge in [-0.05, 0) is 19.3 Å². The highest BCUT2D eigenvalue weighted by Gasteiger charge is 2.12. The normalized spacial score (nSPS) is 11.3. The smallest absolute Gasteiger partial charge is 0.135 e. The molecule has 0 radical (unpaired) electrons. The minimum absolute atomic E-state index is 0.331. The zero-order chi connectivity index (χ0) is 16.5. The van der Waals surface area contributed by atoms with E-state index in [2.05, 4.69) is 20.8 Å². The molecule has 0 heterocycles. The van der Waals surface area contributed by atoms with Gasteiger partial charge < -0.3 is 0 Å². The molecule has 0 unspecified atom stereocenters. The SMILES string of the molecule is CCCCCCCCCCCCCCCC(=O)C(CC)CC. The van der Waals surface area contributed by atoms with Gasteiger partial charge in [0.15, 0.2) is 0 Å². The summed E-state index contributed by atoms with van der Waals surface area (Å²) < 4.78 is 0. The summed E-state index contributed by atoms with van der Waals surface area (Å²) in [5.74, 6) is 0.838. The Morgan fingerprint density at radius 3 is 1.32 bits per heavy atom. The Labute approximate surface area is 140 Å². The third kappa shape index (κ3) is 13.3. The molecule has 1 heteroatoms. The zero-order valence-corrected chi connectivity index (χ0v) is 15.8. The van der Waals surface area contributed by atoms with Crippen molar-refractivity contribution in [3.8, 4) is 0 Å². The molecule has 0 aliphatic rings. The van der Waals surface area contributed by atoms with E-state index >= 15 is 0 Å². The highest BCUT2D eigenvalue weighted by molar-refractivity contribution is 5.80. The van der Waals surface area contributed by atoms with Crippen LogP contribution in [-0.4, -0.2) is 5.78 Å². The molecule has 132 valence electrons. The summed E-state index contributed by atoms with van der Waals surface area (Å²) in [5.41, 5.74) is 0. The second kappa shape index (κ2) is 17.0. The fraction of sp³-hybridized carbons (Fsp3) is 0.952. The Balaban J connectivity index is 3.19. The molecule has 0 bridgehead atoms. The molecular weight excluding hydrogens is 268 g/mol. The number of carbonyl (C=O) groups excluding carboxylic acids is 1. The number of unbranched alkanes of at least 4 members (excludes halogenated alkanes) is 12. The summed E-state index contributed by atoms with van der Waals surface area (Å²) in [6, 6.07) is 0. The van der Waals surface area contributed by atoms with Gasteiger partial charge in [-0.2, -0.15) is 0 Å². The van der Waals surface area contributed by atoms with Crippen LogP contribution < -0.4 is 0 Å². The maximum Gasteiger partial charge on any atom is 0.135 e. The molecule has 0 spiro atoms. The summed E-state index contributed by atoms with van der Waals surface area (Å²) in [4.78, 5) is 11.9. The van der Waals surface area contributed by atoms with E-state index in [0.717, 1.165) is 25.7 Å². The Kier molecular flexibility index (Phi) is 16.8. The van der Waals surface area contributed by atoms with Gasteiger partial charge >= 0.3 is 0 Å². The molecule has 0 atom stereocenters. The van der Waals surface area contributed by atoms with Gasteiger partial charge in [0, 0.05) is 12.3 Å². The summed E-state index contributed by atoms with van der Waals surface area (Å²) in [6.07, 6.45) is 20.7. The van der Waals surface area contributed by atoms with Gasteiger partial charge in [-0.15, -0.1) is 0 Å². The monoisotopic (exact) mass is 310 g/mol. The van der Waals surface area contributed by atoms with Gasteiger partial charge in [-0.25, -0.2) is 0 Å². The zero-order valence-electron chi connectivity index (χ0n) is 15.8. The van der Waals surface area contributed by atoms with E-state index in [1.807, 2.05) is 0 Å². The van der Waals surface area contributed by atoms with Gasteiger partial charge in [-0.3, -0.25) is 4.79 Å². The molecule has 0 rings (SSSR count). The van der Waals surface area contributed by atoms with E-state index in [1.54, 1.807) is 0 Å². The van der Waals surface area contributed by atoms with Crippen LogP contribution in [0.5, 0.6) is 0 Å². The summed E-state index contributed by atoms with van der Waals surface area (Å²) in [5, 5.41) is 0. The third-order valence-electron chi connectivity index (χ3n) is 4.97. The van der Waals surface area contributed by atoms with E-state index in [1.165, 1.54) is 77.0 Å². The molecule has 1 nitrogen and oxygen atoms in total. The largest absolute Gasteiger partial charge is 0.299 e. The molecule has 0 saturated heterocycles. The van der Waals surface area contributed by atoms with E-state index in [0.29, 0.717) is 11.7 Å². The summed E-state index contributed by atoms with van der Waals surface area (Å²) >= 11 is 0. The van der Waals surface area contributed by atoms with Crippen LogP contribution >= 0.6 is 0 Å². The van der Waals surface area contributed by atoms with Gasteiger partial charge in [0.05, 0.1) is 0 Å². The Bertz CT molecular complexity index is 230. The Morgan fingerprint density at radius 2 is 0.955 bits per heavy atom. The first-order valence-electron chi connectivity index (χ1n) is 10.3. The van der Waals surface area contributed by atoms with Gasteiger partial charge in [0.1, 0.15) is 5.78 Å². The number of hydrogen-bond donors (Lipinski definition) is 0. The topological polar surface area (TPSA) is 17.1 Å². The summed E-state index contributed by atoms with van der Waals surface area (Å²) in [6.45, 7) is 6.55. The van der Waals surface area contributed by atoms with Crippen molar-refractivity contribution in [2.75, 3.05) is 0 Å². The van der Waals surface area contributed by atoms with E-state index < -0.39 is 0 Å². The van der Waals surface area contributed by atoms with Crippen LogP contribution in [0.2, 0.25) is 0 Å². The average Bonchev–Trinajstić information content (AvgIpc) is 2.53. The molecule has 0 fully saturated rings. The molecule has 0 aliphatic carbocycles. The number of carbonyl (C=O) groups is 1. The van der Waals surface area contributed by atoms with E-state index in [4.69, 9.17) is 0 Å². The molecule has 0 aromatic carbocycles. The van der Waals surface area contributed by atoms with Crippen molar-refractivity contribution >= 4 is 5.78 Å². The third-order valence-corrected chi connectivity index (χ3v) is 4.97. The van der Waals surface area contributed by atoms with Gasteiger partial charge in [-0.1, -0.05) is 97.8 Å². The van der Waals surface area contributed by atoms with Crippen LogP contribution in [0, 0.1) is 5.92 Å². The number of Topliss-reactive ketones (excluding diaryl/α,β-unsaturated/α-hetero) is 1. The highest BCUT2D eigenvalue weighted by atomic mass is 16.1. The maximum atomic E-state index is 11.9. The predicted molar refractivity (Wildman–Crippen MR) is 99.4 cm³/mol. The number of rotatable bonds is 17. The van der Waals surface area contributed by atoms with Gasteiger partial charge in [0.2, 0.25) is 0 Å². The van der Waals surface area contributed by atoms with Crippen molar-refractivity contribution < 1.29 is 4.79 Å². The van der Waals surface area contributed by atoms with Crippen molar-refractivity contribution in [1.29, 1.82) is 0 Å². The van der Waals surface area contributed by atoms with E-state index in [9.17, 15) is 4.79 Å². The van der Waals surface area contributed by atoms with Crippen LogP contribution in [0.15, 0.2) is 0 Å². The van der Waals surface area contributed by atoms with Crippen molar-refractivity contribution in [3.63, 3.8) is 0 Å². The molecular formula is C21H42O. The molecule has 22 heavy (non-hydrogen) atoms. The van der Waals surface area contributed by atoms with Crippen LogP contribution in [-0.2, 0) is 4.79 Å². The first-order valence-corrected chi connectivity index (χ1v) is 10.3. The number of ketones is 1. The van der Waals surface area contributed by atoms with Crippen molar-refractivity contribution in [2.24, 2.45) is 5.92 Å².